The summed E-state index contributed by atoms with van der Waals surface area (Å²) >= 11 is 0. The molecule has 15 heteroatoms. The number of hydrogen-bond acceptors (Lipinski definition) is 14. The molecule has 2 saturated heterocycles. The van der Waals surface area contributed by atoms with Gasteiger partial charge in [0.1, 0.15) is 11.4 Å². The summed E-state index contributed by atoms with van der Waals surface area (Å²) in [5.74, 6) is 2.98. The molecule has 0 radical (unpaired) electrons. The topological polar surface area (TPSA) is 147 Å². The average molecular weight is 735 g/mol. The van der Waals surface area contributed by atoms with E-state index < -0.39 is 11.7 Å². The Labute approximate surface area is 309 Å². The Morgan fingerprint density at radius 3 is 1.88 bits per heavy atom. The van der Waals surface area contributed by atoms with Crippen LogP contribution in [0.25, 0.3) is 10.9 Å². The minimum atomic E-state index is -0.511. The quantitative estimate of drug-likeness (QED) is 0.158. The van der Waals surface area contributed by atoms with Crippen molar-refractivity contribution < 1.29 is 42.7 Å². The molecule has 52 heavy (non-hydrogen) atoms. The summed E-state index contributed by atoms with van der Waals surface area (Å²) in [7, 11) is 3.31. The van der Waals surface area contributed by atoms with Gasteiger partial charge in [0, 0.05) is 56.8 Å². The SMILES string of the molecule is COc1cc2nc(N3CCCCC3)nc(NC3CCN(CCOCCOCCOCCOCCOCCNC(=O)OC(C)(C)C)CC3)c2cc1OC. The summed E-state index contributed by atoms with van der Waals surface area (Å²) < 4.78 is 44.3. The molecule has 294 valence electrons. The van der Waals surface area contributed by atoms with Gasteiger partial charge >= 0.3 is 6.09 Å². The van der Waals surface area contributed by atoms with Crippen LogP contribution >= 0.6 is 0 Å². The van der Waals surface area contributed by atoms with E-state index in [0.717, 1.165) is 81.1 Å². The third kappa shape index (κ3) is 15.0. The molecule has 2 fully saturated rings. The average Bonchev–Trinajstić information content (AvgIpc) is 3.14. The van der Waals surface area contributed by atoms with E-state index in [4.69, 9.17) is 47.9 Å². The Hall–Kier alpha value is -3.21. The van der Waals surface area contributed by atoms with Gasteiger partial charge in [-0.3, -0.25) is 0 Å². The Kier molecular flexibility index (Phi) is 18.2. The van der Waals surface area contributed by atoms with Crippen LogP contribution in [0.1, 0.15) is 52.9 Å². The first-order chi connectivity index (χ1) is 25.3. The van der Waals surface area contributed by atoms with Gasteiger partial charge in [0.2, 0.25) is 5.95 Å². The van der Waals surface area contributed by atoms with Gasteiger partial charge in [-0.05, 0) is 58.9 Å². The summed E-state index contributed by atoms with van der Waals surface area (Å²) in [5.41, 5.74) is 0.345. The van der Waals surface area contributed by atoms with Crippen LogP contribution in [0.2, 0.25) is 0 Å². The lowest BCUT2D eigenvalue weighted by atomic mass is 10.0. The Morgan fingerprint density at radius 1 is 0.750 bits per heavy atom. The summed E-state index contributed by atoms with van der Waals surface area (Å²) in [6.07, 6.45) is 5.18. The van der Waals surface area contributed by atoms with Crippen molar-refractivity contribution in [2.45, 2.75) is 64.5 Å². The van der Waals surface area contributed by atoms with E-state index in [-0.39, 0.29) is 0 Å². The molecule has 1 aromatic heterocycles. The monoisotopic (exact) mass is 734 g/mol. The van der Waals surface area contributed by atoms with E-state index in [9.17, 15) is 4.79 Å². The van der Waals surface area contributed by atoms with Gasteiger partial charge in [-0.2, -0.15) is 4.98 Å². The molecule has 1 aromatic carbocycles. The highest BCUT2D eigenvalue weighted by molar-refractivity contribution is 5.93. The van der Waals surface area contributed by atoms with Gasteiger partial charge in [0.05, 0.1) is 85.8 Å². The highest BCUT2D eigenvalue weighted by atomic mass is 16.6. The standard InChI is InChI=1S/C37H62N6O9/c1-37(2,3)52-36(44)38-11-17-47-19-21-49-23-25-51-26-24-50-22-20-48-18-16-42-14-9-29(10-15-42)39-34-30-27-32(45-4)33(46-5)28-31(30)40-35(41-34)43-12-7-6-8-13-43/h27-29H,6-26H2,1-5H3,(H,38,44)(H,39,40,41). The van der Waals surface area contributed by atoms with Gasteiger partial charge in [0.15, 0.2) is 11.5 Å². The largest absolute Gasteiger partial charge is 0.493 e. The number of likely N-dealkylation sites (tertiary alicyclic amines) is 1. The van der Waals surface area contributed by atoms with E-state index in [2.05, 4.69) is 20.4 Å². The Balaban J connectivity index is 1.01. The summed E-state index contributed by atoms with van der Waals surface area (Å²) in [6, 6.07) is 4.25. The minimum absolute atomic E-state index is 0.319. The molecule has 0 bridgehead atoms. The lowest BCUT2D eigenvalue weighted by Gasteiger charge is -2.33. The van der Waals surface area contributed by atoms with Crippen molar-refractivity contribution in [1.82, 2.24) is 20.2 Å². The van der Waals surface area contributed by atoms with E-state index >= 15 is 0 Å². The number of fused-ring (bicyclic) bond motifs is 1. The first kappa shape index (κ1) is 41.5. The maximum Gasteiger partial charge on any atom is 0.407 e. The maximum absolute atomic E-state index is 11.6. The fourth-order valence-electron chi connectivity index (χ4n) is 6.00. The number of carbonyl (C=O) groups excluding carboxylic acids is 1. The molecule has 2 N–H and O–H groups in total. The molecule has 2 aromatic rings. The second kappa shape index (κ2) is 22.8. The molecule has 2 aliphatic rings. The van der Waals surface area contributed by atoms with E-state index in [0.29, 0.717) is 90.2 Å². The van der Waals surface area contributed by atoms with Crippen molar-refractivity contribution >= 4 is 28.8 Å². The number of aromatic nitrogens is 2. The second-order valence-corrected chi connectivity index (χ2v) is 13.9. The number of rotatable bonds is 23. The molecule has 0 spiro atoms. The Bertz CT molecular complexity index is 1320. The van der Waals surface area contributed by atoms with E-state index in [1.165, 1.54) is 6.42 Å². The predicted molar refractivity (Wildman–Crippen MR) is 200 cm³/mol. The van der Waals surface area contributed by atoms with E-state index in [1.54, 1.807) is 14.2 Å². The van der Waals surface area contributed by atoms with E-state index in [1.807, 2.05) is 32.9 Å². The van der Waals surface area contributed by atoms with Gasteiger partial charge < -0.3 is 58.3 Å². The lowest BCUT2D eigenvalue weighted by Crippen LogP contribution is -2.40. The number of anilines is 2. The smallest absolute Gasteiger partial charge is 0.407 e. The first-order valence-electron chi connectivity index (χ1n) is 18.8. The number of piperidine rings is 2. The van der Waals surface area contributed by atoms with Crippen LogP contribution in [-0.4, -0.2) is 152 Å². The molecule has 1 amide bonds. The second-order valence-electron chi connectivity index (χ2n) is 13.9. The van der Waals surface area contributed by atoms with Crippen molar-refractivity contribution in [3.05, 3.63) is 12.1 Å². The van der Waals surface area contributed by atoms with Crippen molar-refractivity contribution in [1.29, 1.82) is 0 Å². The molecular formula is C37H62N6O9. The number of ether oxygens (including phenoxy) is 8. The van der Waals surface area contributed by atoms with Crippen LogP contribution in [-0.2, 0) is 28.4 Å². The molecule has 0 saturated carbocycles. The van der Waals surface area contributed by atoms with Crippen molar-refractivity contribution in [2.75, 3.05) is 130 Å². The zero-order valence-corrected chi connectivity index (χ0v) is 32.0. The summed E-state index contributed by atoms with van der Waals surface area (Å²) in [4.78, 5) is 26.3. The molecule has 0 atom stereocenters. The van der Waals surface area contributed by atoms with Crippen LogP contribution in [0, 0.1) is 0 Å². The van der Waals surface area contributed by atoms with Crippen LogP contribution in [0.4, 0.5) is 16.6 Å². The van der Waals surface area contributed by atoms with Crippen LogP contribution in [0.5, 0.6) is 11.5 Å². The fraction of sp³-hybridized carbons (Fsp3) is 0.757. The number of nitrogens with one attached hydrogen (secondary N) is 2. The third-order valence-electron chi connectivity index (χ3n) is 8.71. The molecule has 2 aliphatic heterocycles. The highest BCUT2D eigenvalue weighted by Gasteiger charge is 2.23. The lowest BCUT2D eigenvalue weighted by molar-refractivity contribution is -0.0124. The number of carbonyl (C=O) groups is 1. The molecule has 0 aliphatic carbocycles. The maximum atomic E-state index is 11.6. The molecular weight excluding hydrogens is 672 g/mol. The van der Waals surface area contributed by atoms with Crippen molar-refractivity contribution in [2.24, 2.45) is 0 Å². The van der Waals surface area contributed by atoms with Crippen LogP contribution in [0.3, 0.4) is 0 Å². The summed E-state index contributed by atoms with van der Waals surface area (Å²) in [6.45, 7) is 15.8. The molecule has 3 heterocycles. The number of amides is 1. The van der Waals surface area contributed by atoms with Crippen molar-refractivity contribution in [3.63, 3.8) is 0 Å². The minimum Gasteiger partial charge on any atom is -0.493 e. The van der Waals surface area contributed by atoms with Crippen LogP contribution < -0.4 is 25.0 Å². The predicted octanol–water partition coefficient (Wildman–Crippen LogP) is 4.12. The van der Waals surface area contributed by atoms with Gasteiger partial charge in [-0.15, -0.1) is 0 Å². The number of alkyl carbamates (subject to hydrolysis) is 1. The normalized spacial score (nSPS) is 15.9. The molecule has 15 nitrogen and oxygen atoms in total. The number of methoxy groups -OCH3 is 2. The van der Waals surface area contributed by atoms with Crippen molar-refractivity contribution in [3.8, 4) is 11.5 Å². The number of nitrogens with zero attached hydrogens (tertiary/aromatic N) is 4. The number of benzene rings is 1. The zero-order chi connectivity index (χ0) is 37.0. The van der Waals surface area contributed by atoms with Crippen LogP contribution in [0.15, 0.2) is 12.1 Å². The van der Waals surface area contributed by atoms with Gasteiger partial charge in [0.25, 0.3) is 0 Å². The third-order valence-corrected chi connectivity index (χ3v) is 8.71. The zero-order valence-electron chi connectivity index (χ0n) is 32.0. The van der Waals surface area contributed by atoms with Gasteiger partial charge in [-0.1, -0.05) is 0 Å². The molecule has 4 rings (SSSR count). The highest BCUT2D eigenvalue weighted by Crippen LogP contribution is 2.36. The number of hydrogen-bond donors (Lipinski definition) is 2. The first-order valence-corrected chi connectivity index (χ1v) is 18.8. The molecule has 0 unspecified atom stereocenters. The fourth-order valence-corrected chi connectivity index (χ4v) is 6.00. The summed E-state index contributed by atoms with van der Waals surface area (Å²) in [5, 5.41) is 7.35. The Morgan fingerprint density at radius 2 is 1.31 bits per heavy atom. The van der Waals surface area contributed by atoms with Gasteiger partial charge in [-0.25, -0.2) is 9.78 Å².